The van der Waals surface area contributed by atoms with Gasteiger partial charge in [0.15, 0.2) is 0 Å². The minimum Gasteiger partial charge on any atom is -0.405 e. The molecule has 0 unspecified atom stereocenters. The van der Waals surface area contributed by atoms with Gasteiger partial charge in [0.2, 0.25) is 0 Å². The normalized spacial score (nSPS) is 15.7. The van der Waals surface area contributed by atoms with Crippen molar-refractivity contribution in [3.63, 3.8) is 0 Å². The maximum absolute atomic E-state index is 13.3. The summed E-state index contributed by atoms with van der Waals surface area (Å²) >= 11 is 0. The van der Waals surface area contributed by atoms with Crippen molar-refractivity contribution < 1.29 is 43.8 Å². The van der Waals surface area contributed by atoms with Gasteiger partial charge in [-0.25, -0.2) is 0 Å². The van der Waals surface area contributed by atoms with E-state index in [1.54, 1.807) is 0 Å². The largest absolute Gasteiger partial charge is 0.573 e. The summed E-state index contributed by atoms with van der Waals surface area (Å²) in [6.45, 7) is 2.37. The van der Waals surface area contributed by atoms with Gasteiger partial charge >= 0.3 is 22.7 Å². The molecule has 30 heavy (non-hydrogen) atoms. The smallest absolute Gasteiger partial charge is 0.405 e. The van der Waals surface area contributed by atoms with Crippen LogP contribution in [0.2, 0.25) is 0 Å². The zero-order chi connectivity index (χ0) is 22.3. The molecule has 3 rings (SSSR count). The average molecular weight is 455 g/mol. The summed E-state index contributed by atoms with van der Waals surface area (Å²) in [7, 11) is -4.21. The van der Waals surface area contributed by atoms with E-state index in [0.29, 0.717) is 30.8 Å². The van der Waals surface area contributed by atoms with Gasteiger partial charge in [-0.1, -0.05) is 12.1 Å². The molecule has 0 amide bonds. The average Bonchev–Trinajstić information content (AvgIpc) is 2.57. The van der Waals surface area contributed by atoms with E-state index in [0.717, 1.165) is 18.6 Å². The van der Waals surface area contributed by atoms with Crippen LogP contribution in [-0.4, -0.2) is 32.9 Å². The van der Waals surface area contributed by atoms with Crippen LogP contribution in [0.3, 0.4) is 0 Å². The first-order chi connectivity index (χ1) is 13.8. The highest BCUT2D eigenvalue weighted by molar-refractivity contribution is 7.86. The van der Waals surface area contributed by atoms with Crippen LogP contribution in [0.5, 0.6) is 5.75 Å². The third kappa shape index (κ3) is 5.05. The summed E-state index contributed by atoms with van der Waals surface area (Å²) in [5, 5.41) is 1.22. The second kappa shape index (κ2) is 7.75. The van der Waals surface area contributed by atoms with Crippen molar-refractivity contribution in [1.82, 2.24) is 5.06 Å². The fourth-order valence-electron chi connectivity index (χ4n) is 2.74. The minimum atomic E-state index is -5.31. The lowest BCUT2D eigenvalue weighted by atomic mass is 9.98. The Morgan fingerprint density at radius 1 is 0.967 bits per heavy atom. The molecule has 0 atom stereocenters. The summed E-state index contributed by atoms with van der Waals surface area (Å²) in [5.41, 5.74) is -1.26. The molecule has 0 aliphatic carbocycles. The van der Waals surface area contributed by atoms with E-state index in [4.69, 9.17) is 4.28 Å². The van der Waals surface area contributed by atoms with Gasteiger partial charge in [-0.3, -0.25) is 0 Å². The zero-order valence-corrected chi connectivity index (χ0v) is 16.2. The molecule has 0 aromatic heterocycles. The lowest BCUT2D eigenvalue weighted by Gasteiger charge is -2.28. The van der Waals surface area contributed by atoms with Crippen molar-refractivity contribution in [2.24, 2.45) is 0 Å². The molecule has 0 N–H and O–H groups in total. The number of ether oxygens (including phenoxy) is 1. The Labute approximate surface area is 167 Å². The Morgan fingerprint density at radius 2 is 1.63 bits per heavy atom. The maximum Gasteiger partial charge on any atom is 0.573 e. The molecule has 0 spiro atoms. The van der Waals surface area contributed by atoms with E-state index >= 15 is 0 Å². The van der Waals surface area contributed by atoms with Crippen LogP contribution in [0.1, 0.15) is 17.5 Å². The van der Waals surface area contributed by atoms with Gasteiger partial charge in [0.05, 0.1) is 10.5 Å². The van der Waals surface area contributed by atoms with Gasteiger partial charge in [0, 0.05) is 13.1 Å². The number of halogens is 6. The summed E-state index contributed by atoms with van der Waals surface area (Å²) in [6.07, 6.45) is -9.67. The lowest BCUT2D eigenvalue weighted by molar-refractivity contribution is -0.276. The highest BCUT2D eigenvalue weighted by Gasteiger charge is 2.39. The number of hydrogen-bond donors (Lipinski definition) is 0. The number of nitrogens with zero attached hydrogens (tertiary/aromatic N) is 1. The number of hydrogen-bond acceptors (Lipinski definition) is 5. The standard InChI is InChI=1S/C18H15F6NO4S/c1-11-3-5-13(30(26,27)29-25-7-2-8-25)10-14(11)12-4-6-16(28-18(22,23)24)15(9-12)17(19,20)21/h3-6,9-10H,2,7-8H2,1H3. The highest BCUT2D eigenvalue weighted by atomic mass is 32.2. The van der Waals surface area contributed by atoms with Crippen molar-refractivity contribution in [1.29, 1.82) is 0 Å². The molecule has 1 heterocycles. The molecule has 164 valence electrons. The molecule has 1 saturated heterocycles. The molecular weight excluding hydrogens is 440 g/mol. The Kier molecular flexibility index (Phi) is 5.78. The van der Waals surface area contributed by atoms with Crippen LogP contribution in [0.4, 0.5) is 26.3 Å². The number of rotatable bonds is 5. The minimum absolute atomic E-state index is 0.0901. The molecule has 0 bridgehead atoms. The third-order valence-corrected chi connectivity index (χ3v) is 5.58. The number of benzene rings is 2. The van der Waals surface area contributed by atoms with Crippen molar-refractivity contribution in [3.05, 3.63) is 47.5 Å². The van der Waals surface area contributed by atoms with Crippen LogP contribution in [0.15, 0.2) is 41.3 Å². The van der Waals surface area contributed by atoms with Crippen molar-refractivity contribution in [2.45, 2.75) is 30.8 Å². The molecule has 2 aromatic carbocycles. The highest BCUT2D eigenvalue weighted by Crippen LogP contribution is 2.41. The number of hydroxylamine groups is 2. The molecule has 0 saturated carbocycles. The second-order valence-corrected chi connectivity index (χ2v) is 8.07. The topological polar surface area (TPSA) is 55.8 Å². The van der Waals surface area contributed by atoms with Crippen molar-refractivity contribution in [3.8, 4) is 16.9 Å². The summed E-state index contributed by atoms with van der Waals surface area (Å²) in [5.74, 6) is -1.40. The van der Waals surface area contributed by atoms with Crippen LogP contribution >= 0.6 is 0 Å². The lowest BCUT2D eigenvalue weighted by Crippen LogP contribution is -2.38. The molecule has 0 radical (unpaired) electrons. The molecular formula is C18H15F6NO4S. The van der Waals surface area contributed by atoms with E-state index in [1.807, 2.05) is 0 Å². The van der Waals surface area contributed by atoms with Gasteiger partial charge < -0.3 is 4.74 Å². The fourth-order valence-corrected chi connectivity index (χ4v) is 3.75. The molecule has 5 nitrogen and oxygen atoms in total. The van der Waals surface area contributed by atoms with E-state index in [1.165, 1.54) is 24.1 Å². The van der Waals surface area contributed by atoms with E-state index < -0.39 is 34.0 Å². The molecule has 1 aliphatic heterocycles. The quantitative estimate of drug-likeness (QED) is 0.600. The monoisotopic (exact) mass is 455 g/mol. The van der Waals surface area contributed by atoms with E-state index in [9.17, 15) is 34.8 Å². The van der Waals surface area contributed by atoms with Crippen LogP contribution < -0.4 is 4.74 Å². The van der Waals surface area contributed by atoms with E-state index in [-0.39, 0.29) is 16.0 Å². The van der Waals surface area contributed by atoms with Gasteiger partial charge in [-0.05, 0) is 54.3 Å². The number of aryl methyl sites for hydroxylation is 1. The van der Waals surface area contributed by atoms with Gasteiger partial charge in [0.25, 0.3) is 0 Å². The van der Waals surface area contributed by atoms with Gasteiger partial charge in [0.1, 0.15) is 5.75 Å². The van der Waals surface area contributed by atoms with Crippen LogP contribution in [0, 0.1) is 6.92 Å². The molecule has 2 aromatic rings. The SMILES string of the molecule is Cc1ccc(S(=O)(=O)ON2CCC2)cc1-c1ccc(OC(F)(F)F)c(C(F)(F)F)c1. The molecule has 12 heteroatoms. The Balaban J connectivity index is 2.04. The molecule has 1 fully saturated rings. The summed E-state index contributed by atoms with van der Waals surface area (Å²) < 4.78 is 110. The first-order valence-corrected chi connectivity index (χ1v) is 9.95. The maximum atomic E-state index is 13.3. The third-order valence-electron chi connectivity index (χ3n) is 4.34. The van der Waals surface area contributed by atoms with Crippen molar-refractivity contribution >= 4 is 10.1 Å². The Bertz CT molecular complexity index is 1050. The predicted molar refractivity (Wildman–Crippen MR) is 92.8 cm³/mol. The predicted octanol–water partition coefficient (Wildman–Crippen LogP) is 4.91. The first-order valence-electron chi connectivity index (χ1n) is 8.54. The first kappa shape index (κ1) is 22.4. The second-order valence-electron chi connectivity index (χ2n) is 6.54. The summed E-state index contributed by atoms with van der Waals surface area (Å²) in [4.78, 5) is -0.292. The number of alkyl halides is 6. The van der Waals surface area contributed by atoms with E-state index in [2.05, 4.69) is 4.74 Å². The van der Waals surface area contributed by atoms with Gasteiger partial charge in [-0.2, -0.15) is 30.9 Å². The Morgan fingerprint density at radius 3 is 2.17 bits per heavy atom. The summed E-state index contributed by atoms with van der Waals surface area (Å²) in [6, 6.07) is 5.74. The van der Waals surface area contributed by atoms with Crippen molar-refractivity contribution in [2.75, 3.05) is 13.1 Å². The molecule has 1 aliphatic rings. The van der Waals surface area contributed by atoms with Gasteiger partial charge in [-0.15, -0.1) is 13.2 Å². The van der Waals surface area contributed by atoms with Crippen LogP contribution in [0.25, 0.3) is 11.1 Å². The fraction of sp³-hybridized carbons (Fsp3) is 0.333. The zero-order valence-electron chi connectivity index (χ0n) is 15.3. The van der Waals surface area contributed by atoms with Crippen LogP contribution in [-0.2, 0) is 20.6 Å². The Hall–Kier alpha value is -2.31.